The topological polar surface area (TPSA) is 127 Å². The summed E-state index contributed by atoms with van der Waals surface area (Å²) < 4.78 is 5.05. The number of likely N-dealkylation sites (N-methyl/N-ethyl adjacent to an activating group) is 1. The number of amidine groups is 1. The van der Waals surface area contributed by atoms with Crippen LogP contribution in [0.3, 0.4) is 0 Å². The van der Waals surface area contributed by atoms with E-state index >= 15 is 0 Å². The standard InChI is InChI=1S/C19H25N5O3.C10H11NO2/c1-4-11-24(13-12-23(2)3)17(22-27)15-8-5-14(6-9-15)7-10-16-18(25)21-19(26)20-16;1-11-6-7-3-4-8(13-2)5-9(7)10(11)12/h5-6,8-9,16,27H,4,11-13H2,1-3H3,(H2,20,21,25,26);3-5H,6H2,1-2H3/b22-17-;/t16-;/m0./s1. The highest BCUT2D eigenvalue weighted by atomic mass is 16.5. The molecule has 0 spiro atoms. The number of hydrogen-bond donors (Lipinski definition) is 3. The largest absolute Gasteiger partial charge is 0.497 e. The van der Waals surface area contributed by atoms with Crippen molar-refractivity contribution >= 4 is 23.7 Å². The molecule has 0 saturated carbocycles. The first kappa shape index (κ1) is 30.0. The Kier molecular flexibility index (Phi) is 10.5. The van der Waals surface area contributed by atoms with Gasteiger partial charge in [-0.15, -0.1) is 0 Å². The first-order valence-electron chi connectivity index (χ1n) is 12.9. The zero-order valence-corrected chi connectivity index (χ0v) is 23.5. The zero-order valence-electron chi connectivity index (χ0n) is 23.5. The number of benzene rings is 2. The van der Waals surface area contributed by atoms with E-state index in [1.54, 1.807) is 37.3 Å². The molecule has 0 unspecified atom stereocenters. The maximum absolute atomic E-state index is 11.5. The van der Waals surface area contributed by atoms with E-state index in [0.717, 1.165) is 48.5 Å². The molecule has 11 nitrogen and oxygen atoms in total. The highest BCUT2D eigenvalue weighted by Crippen LogP contribution is 2.25. The monoisotopic (exact) mass is 548 g/mol. The summed E-state index contributed by atoms with van der Waals surface area (Å²) in [5, 5.41) is 17.6. The molecule has 0 aromatic heterocycles. The second-order valence-electron chi connectivity index (χ2n) is 9.64. The molecular formula is C29H36N6O5. The molecule has 2 aromatic rings. The number of urea groups is 1. The Bertz CT molecular complexity index is 1310. The molecule has 0 radical (unpaired) electrons. The van der Waals surface area contributed by atoms with Crippen LogP contribution in [0.1, 0.15) is 40.4 Å². The number of rotatable bonds is 7. The number of carbonyl (C=O) groups excluding carboxylic acids is 3. The van der Waals surface area contributed by atoms with Crippen molar-refractivity contribution in [2.24, 2.45) is 5.16 Å². The average molecular weight is 549 g/mol. The Morgan fingerprint density at radius 2 is 1.85 bits per heavy atom. The van der Waals surface area contributed by atoms with Crippen LogP contribution in [-0.4, -0.2) is 97.5 Å². The molecule has 4 rings (SSSR count). The van der Waals surface area contributed by atoms with Crippen molar-refractivity contribution in [2.75, 3.05) is 47.9 Å². The Labute approximate surface area is 234 Å². The summed E-state index contributed by atoms with van der Waals surface area (Å²) >= 11 is 0. The lowest BCUT2D eigenvalue weighted by molar-refractivity contribution is -0.119. The number of carbonyl (C=O) groups is 3. The van der Waals surface area contributed by atoms with E-state index in [9.17, 15) is 19.6 Å². The smallest absolute Gasteiger partial charge is 0.322 e. The second-order valence-corrected chi connectivity index (χ2v) is 9.64. The zero-order chi connectivity index (χ0) is 29.2. The number of amides is 4. The molecule has 2 aliphatic rings. The molecule has 0 aliphatic carbocycles. The Balaban J connectivity index is 0.000000281. The van der Waals surface area contributed by atoms with E-state index in [4.69, 9.17) is 4.74 Å². The Morgan fingerprint density at radius 1 is 1.12 bits per heavy atom. The predicted molar refractivity (Wildman–Crippen MR) is 151 cm³/mol. The number of nitrogens with one attached hydrogen (secondary N) is 2. The molecule has 1 atom stereocenters. The average Bonchev–Trinajstić information content (AvgIpc) is 3.42. The molecule has 212 valence electrons. The van der Waals surface area contributed by atoms with Gasteiger partial charge < -0.3 is 30.0 Å². The summed E-state index contributed by atoms with van der Waals surface area (Å²) in [6.45, 7) is 5.16. The molecule has 2 heterocycles. The molecule has 11 heteroatoms. The third-order valence-corrected chi connectivity index (χ3v) is 6.28. The summed E-state index contributed by atoms with van der Waals surface area (Å²) in [7, 11) is 7.40. The molecule has 2 aliphatic heterocycles. The van der Waals surface area contributed by atoms with E-state index in [2.05, 4.69) is 39.5 Å². The first-order chi connectivity index (χ1) is 19.2. The highest BCUT2D eigenvalue weighted by molar-refractivity contribution is 6.06. The van der Waals surface area contributed by atoms with Gasteiger partial charge in [0.15, 0.2) is 11.9 Å². The van der Waals surface area contributed by atoms with Crippen molar-refractivity contribution in [3.8, 4) is 17.6 Å². The lowest BCUT2D eigenvalue weighted by Gasteiger charge is -2.26. The van der Waals surface area contributed by atoms with Crippen LogP contribution in [0.5, 0.6) is 5.75 Å². The Hall–Kier alpha value is -4.56. The van der Waals surface area contributed by atoms with Crippen molar-refractivity contribution in [2.45, 2.75) is 25.9 Å². The van der Waals surface area contributed by atoms with Crippen molar-refractivity contribution < 1.29 is 24.3 Å². The van der Waals surface area contributed by atoms with Crippen LogP contribution < -0.4 is 15.4 Å². The summed E-state index contributed by atoms with van der Waals surface area (Å²) in [6, 6.07) is 11.5. The number of imide groups is 1. The SMILES string of the molecule is CCCN(CCN(C)C)/C(=N\O)c1ccc(C#C[C@@H]2NC(=O)NC2=O)cc1.COc1ccc2c(c1)C(=O)N(C)C2. The highest BCUT2D eigenvalue weighted by Gasteiger charge is 2.27. The van der Waals surface area contributed by atoms with Gasteiger partial charge in [-0.3, -0.25) is 14.9 Å². The fourth-order valence-corrected chi connectivity index (χ4v) is 4.15. The summed E-state index contributed by atoms with van der Waals surface area (Å²) in [5.74, 6) is 6.48. The third kappa shape index (κ3) is 7.74. The fraction of sp³-hybridized carbons (Fsp3) is 0.379. The van der Waals surface area contributed by atoms with Crippen molar-refractivity contribution in [1.82, 2.24) is 25.3 Å². The van der Waals surface area contributed by atoms with E-state index in [-0.39, 0.29) is 5.91 Å². The van der Waals surface area contributed by atoms with Crippen LogP contribution in [0.15, 0.2) is 47.6 Å². The van der Waals surface area contributed by atoms with Crippen LogP contribution in [0.2, 0.25) is 0 Å². The van der Waals surface area contributed by atoms with E-state index in [0.29, 0.717) is 17.9 Å². The maximum atomic E-state index is 11.5. The van der Waals surface area contributed by atoms with Gasteiger partial charge in [0, 0.05) is 49.9 Å². The number of methoxy groups -OCH3 is 1. The molecule has 1 fully saturated rings. The molecule has 40 heavy (non-hydrogen) atoms. The van der Waals surface area contributed by atoms with Gasteiger partial charge in [-0.1, -0.05) is 30.0 Å². The minimum absolute atomic E-state index is 0.0777. The molecule has 3 N–H and O–H groups in total. The Morgan fingerprint density at radius 3 is 2.42 bits per heavy atom. The minimum atomic E-state index is -0.835. The van der Waals surface area contributed by atoms with Crippen molar-refractivity contribution in [3.05, 3.63) is 64.7 Å². The van der Waals surface area contributed by atoms with Gasteiger partial charge in [0.25, 0.3) is 11.8 Å². The van der Waals surface area contributed by atoms with Gasteiger partial charge in [-0.05, 0) is 62.5 Å². The van der Waals surface area contributed by atoms with Crippen LogP contribution in [0.25, 0.3) is 0 Å². The quantitative estimate of drug-likeness (QED) is 0.121. The second kappa shape index (κ2) is 14.0. The molecule has 1 saturated heterocycles. The summed E-state index contributed by atoms with van der Waals surface area (Å²) in [6.07, 6.45) is 0.936. The summed E-state index contributed by atoms with van der Waals surface area (Å²) in [5.41, 5.74) is 3.32. The summed E-state index contributed by atoms with van der Waals surface area (Å²) in [4.78, 5) is 39.9. The van der Waals surface area contributed by atoms with Crippen LogP contribution >= 0.6 is 0 Å². The van der Waals surface area contributed by atoms with Gasteiger partial charge >= 0.3 is 6.03 Å². The molecule has 0 bridgehead atoms. The van der Waals surface area contributed by atoms with E-state index in [1.807, 2.05) is 43.3 Å². The minimum Gasteiger partial charge on any atom is -0.497 e. The van der Waals surface area contributed by atoms with Crippen molar-refractivity contribution in [1.29, 1.82) is 0 Å². The lowest BCUT2D eigenvalue weighted by atomic mass is 10.1. The predicted octanol–water partition coefficient (Wildman–Crippen LogP) is 1.94. The lowest BCUT2D eigenvalue weighted by Crippen LogP contribution is -2.37. The van der Waals surface area contributed by atoms with E-state index < -0.39 is 18.0 Å². The fourth-order valence-electron chi connectivity index (χ4n) is 4.15. The van der Waals surface area contributed by atoms with E-state index in [1.165, 1.54) is 0 Å². The van der Waals surface area contributed by atoms with Crippen molar-refractivity contribution in [3.63, 3.8) is 0 Å². The van der Waals surface area contributed by atoms with Gasteiger partial charge in [-0.25, -0.2) is 4.79 Å². The van der Waals surface area contributed by atoms with Crippen LogP contribution in [0, 0.1) is 11.8 Å². The number of nitrogens with zero attached hydrogens (tertiary/aromatic N) is 4. The van der Waals surface area contributed by atoms with Gasteiger partial charge in [0.2, 0.25) is 0 Å². The van der Waals surface area contributed by atoms with Gasteiger partial charge in [0.1, 0.15) is 5.75 Å². The number of oxime groups is 1. The number of fused-ring (bicyclic) bond motifs is 1. The number of ether oxygens (including phenoxy) is 1. The maximum Gasteiger partial charge on any atom is 0.322 e. The number of hydrogen-bond acceptors (Lipinski definition) is 7. The van der Waals surface area contributed by atoms with Crippen LogP contribution in [0.4, 0.5) is 4.79 Å². The molecular weight excluding hydrogens is 512 g/mol. The molecule has 4 amide bonds. The first-order valence-corrected chi connectivity index (χ1v) is 12.9. The van der Waals surface area contributed by atoms with Crippen LogP contribution in [-0.2, 0) is 11.3 Å². The third-order valence-electron chi connectivity index (χ3n) is 6.28. The normalized spacial score (nSPS) is 15.9. The van der Waals surface area contributed by atoms with Gasteiger partial charge in [-0.2, -0.15) is 0 Å². The molecule has 2 aromatic carbocycles. The van der Waals surface area contributed by atoms with Gasteiger partial charge in [0.05, 0.1) is 7.11 Å².